The lowest BCUT2D eigenvalue weighted by molar-refractivity contribution is -0.0501. The van der Waals surface area contributed by atoms with Crippen LogP contribution in [0.15, 0.2) is 24.3 Å². The Balaban J connectivity index is 2.08. The summed E-state index contributed by atoms with van der Waals surface area (Å²) in [4.78, 5) is 14.4. The Morgan fingerprint density at radius 2 is 2.14 bits per heavy atom. The molecule has 122 valence electrons. The first kappa shape index (κ1) is 16.6. The molecule has 0 aromatic heterocycles. The van der Waals surface area contributed by atoms with Crippen LogP contribution in [0.3, 0.4) is 0 Å². The Bertz CT molecular complexity index is 513. The van der Waals surface area contributed by atoms with E-state index in [2.05, 4.69) is 10.1 Å². The Kier molecular flexibility index (Phi) is 5.68. The van der Waals surface area contributed by atoms with Gasteiger partial charge in [0.1, 0.15) is 5.75 Å². The number of nitrogens with one attached hydrogen (secondary N) is 1. The van der Waals surface area contributed by atoms with Gasteiger partial charge >= 0.3 is 6.61 Å². The summed E-state index contributed by atoms with van der Waals surface area (Å²) in [6, 6.07) is 5.77. The molecule has 0 bridgehead atoms. The molecule has 2 atom stereocenters. The fraction of sp³-hybridized carbons (Fsp3) is 0.533. The third-order valence-electron chi connectivity index (χ3n) is 3.49. The van der Waals surface area contributed by atoms with E-state index in [1.807, 2.05) is 18.9 Å². The maximum absolute atomic E-state index is 12.4. The maximum atomic E-state index is 12.4. The molecule has 0 saturated carbocycles. The molecule has 2 rings (SSSR count). The quantitative estimate of drug-likeness (QED) is 0.869. The van der Waals surface area contributed by atoms with Crippen LogP contribution >= 0.6 is 0 Å². The van der Waals surface area contributed by atoms with Crippen molar-refractivity contribution in [2.24, 2.45) is 0 Å². The molecule has 0 aliphatic carbocycles. The smallest absolute Gasteiger partial charge is 0.387 e. The van der Waals surface area contributed by atoms with Crippen LogP contribution < -0.4 is 10.1 Å². The van der Waals surface area contributed by atoms with Gasteiger partial charge in [-0.15, -0.1) is 0 Å². The summed E-state index contributed by atoms with van der Waals surface area (Å²) < 4.78 is 34.8. The fourth-order valence-electron chi connectivity index (χ4n) is 2.58. The van der Waals surface area contributed by atoms with Gasteiger partial charge < -0.3 is 19.7 Å². The van der Waals surface area contributed by atoms with E-state index in [1.165, 1.54) is 12.1 Å². The number of likely N-dealkylation sites (tertiary alicyclic amines) is 1. The summed E-state index contributed by atoms with van der Waals surface area (Å²) in [5.74, 6) is -0.574. The van der Waals surface area contributed by atoms with Gasteiger partial charge in [-0.2, -0.15) is 8.78 Å². The number of likely N-dealkylation sites (N-methyl/N-ethyl adjacent to an activating group) is 1. The van der Waals surface area contributed by atoms with Crippen LogP contribution in [0.5, 0.6) is 5.75 Å². The normalized spacial score (nSPS) is 22.0. The molecular formula is C15H20F2N2O3. The zero-order valence-corrected chi connectivity index (χ0v) is 12.6. The number of halogens is 2. The van der Waals surface area contributed by atoms with Gasteiger partial charge in [0.15, 0.2) is 0 Å². The zero-order valence-electron chi connectivity index (χ0n) is 12.6. The van der Waals surface area contributed by atoms with E-state index in [1.54, 1.807) is 12.1 Å². The van der Waals surface area contributed by atoms with Crippen LogP contribution in [0.25, 0.3) is 0 Å². The van der Waals surface area contributed by atoms with Crippen LogP contribution in [-0.2, 0) is 4.74 Å². The summed E-state index contributed by atoms with van der Waals surface area (Å²) in [5, 5.41) is 2.84. The zero-order chi connectivity index (χ0) is 16.1. The number of amides is 1. The maximum Gasteiger partial charge on any atom is 0.387 e. The molecule has 1 aromatic carbocycles. The Morgan fingerprint density at radius 3 is 2.82 bits per heavy atom. The van der Waals surface area contributed by atoms with Gasteiger partial charge in [0, 0.05) is 19.7 Å². The number of ether oxygens (including phenoxy) is 2. The predicted octanol–water partition coefficient (Wildman–Crippen LogP) is 1.74. The Hall–Kier alpha value is -1.73. The summed E-state index contributed by atoms with van der Waals surface area (Å²) >= 11 is 0. The van der Waals surface area contributed by atoms with Crippen molar-refractivity contribution in [1.82, 2.24) is 10.2 Å². The molecule has 1 fully saturated rings. The lowest BCUT2D eigenvalue weighted by Gasteiger charge is -2.20. The van der Waals surface area contributed by atoms with E-state index >= 15 is 0 Å². The molecule has 1 aliphatic heterocycles. The molecular weight excluding hydrogens is 294 g/mol. The molecule has 1 saturated heterocycles. The first-order valence-electron chi connectivity index (χ1n) is 7.16. The average molecular weight is 314 g/mol. The molecule has 5 nitrogen and oxygen atoms in total. The number of rotatable bonds is 6. The van der Waals surface area contributed by atoms with Gasteiger partial charge in [0.2, 0.25) is 0 Å². The minimum absolute atomic E-state index is 0.0904. The fourth-order valence-corrected chi connectivity index (χ4v) is 2.58. The third-order valence-corrected chi connectivity index (χ3v) is 3.49. The van der Waals surface area contributed by atoms with E-state index in [0.717, 1.165) is 0 Å². The summed E-state index contributed by atoms with van der Waals surface area (Å²) in [7, 11) is 1.94. The van der Waals surface area contributed by atoms with E-state index < -0.39 is 12.5 Å². The first-order chi connectivity index (χ1) is 10.5. The van der Waals surface area contributed by atoms with E-state index in [0.29, 0.717) is 19.7 Å². The summed E-state index contributed by atoms with van der Waals surface area (Å²) in [5.41, 5.74) is 0.0904. The van der Waals surface area contributed by atoms with Crippen molar-refractivity contribution < 1.29 is 23.0 Å². The second kappa shape index (κ2) is 7.51. The number of carbonyl (C=O) groups is 1. The van der Waals surface area contributed by atoms with Gasteiger partial charge in [0.05, 0.1) is 17.7 Å². The Labute approximate surface area is 128 Å². The lowest BCUT2D eigenvalue weighted by Crippen LogP contribution is -2.44. The standard InChI is InChI=1S/C15H20F2N2O3/c1-3-21-13-9-19(2)8-11(13)18-14(20)10-6-4-5-7-12(10)22-15(16)17/h4-7,11,13,15H,3,8-9H2,1-2H3,(H,18,20)/t11-,13-/m0/s1. The highest BCUT2D eigenvalue weighted by Crippen LogP contribution is 2.21. The van der Waals surface area contributed by atoms with Crippen molar-refractivity contribution in [2.75, 3.05) is 26.7 Å². The predicted molar refractivity (Wildman–Crippen MR) is 77.2 cm³/mol. The topological polar surface area (TPSA) is 50.8 Å². The molecule has 0 radical (unpaired) electrons. The number of nitrogens with zero attached hydrogens (tertiary/aromatic N) is 1. The summed E-state index contributed by atoms with van der Waals surface area (Å²) in [6.45, 7) is 0.837. The number of hydrogen-bond acceptors (Lipinski definition) is 4. The van der Waals surface area contributed by atoms with Crippen molar-refractivity contribution in [1.29, 1.82) is 0 Å². The SMILES string of the molecule is CCO[C@H]1CN(C)C[C@@H]1NC(=O)c1ccccc1OC(F)F. The second-order valence-electron chi connectivity index (χ2n) is 5.17. The van der Waals surface area contributed by atoms with E-state index in [4.69, 9.17) is 4.74 Å². The molecule has 1 heterocycles. The number of alkyl halides is 2. The molecule has 1 amide bonds. The minimum Gasteiger partial charge on any atom is -0.434 e. The van der Waals surface area contributed by atoms with Crippen LogP contribution in [0.1, 0.15) is 17.3 Å². The highest BCUT2D eigenvalue weighted by Gasteiger charge is 2.33. The van der Waals surface area contributed by atoms with Crippen molar-refractivity contribution >= 4 is 5.91 Å². The van der Waals surface area contributed by atoms with Crippen molar-refractivity contribution in [2.45, 2.75) is 25.7 Å². The first-order valence-corrected chi connectivity index (χ1v) is 7.16. The Morgan fingerprint density at radius 1 is 1.41 bits per heavy atom. The molecule has 1 aromatic rings. The van der Waals surface area contributed by atoms with Gasteiger partial charge in [-0.05, 0) is 26.1 Å². The van der Waals surface area contributed by atoms with E-state index in [-0.39, 0.29) is 23.5 Å². The molecule has 22 heavy (non-hydrogen) atoms. The number of hydrogen-bond donors (Lipinski definition) is 1. The number of para-hydroxylation sites is 1. The summed E-state index contributed by atoms with van der Waals surface area (Å²) in [6.07, 6.45) is -0.109. The third kappa shape index (κ3) is 4.14. The second-order valence-corrected chi connectivity index (χ2v) is 5.17. The number of carbonyl (C=O) groups excluding carboxylic acids is 1. The molecule has 0 spiro atoms. The van der Waals surface area contributed by atoms with Gasteiger partial charge in [0.25, 0.3) is 5.91 Å². The highest BCUT2D eigenvalue weighted by atomic mass is 19.3. The largest absolute Gasteiger partial charge is 0.434 e. The average Bonchev–Trinajstić information content (AvgIpc) is 2.79. The minimum atomic E-state index is -2.97. The van der Waals surface area contributed by atoms with Crippen molar-refractivity contribution in [3.8, 4) is 5.75 Å². The lowest BCUT2D eigenvalue weighted by atomic mass is 10.1. The van der Waals surface area contributed by atoms with Gasteiger partial charge in [-0.25, -0.2) is 0 Å². The van der Waals surface area contributed by atoms with Crippen LogP contribution in [0, 0.1) is 0 Å². The van der Waals surface area contributed by atoms with Crippen molar-refractivity contribution in [3.63, 3.8) is 0 Å². The van der Waals surface area contributed by atoms with Crippen LogP contribution in [0.2, 0.25) is 0 Å². The highest BCUT2D eigenvalue weighted by molar-refractivity contribution is 5.97. The van der Waals surface area contributed by atoms with Gasteiger partial charge in [-0.1, -0.05) is 12.1 Å². The molecule has 1 N–H and O–H groups in total. The van der Waals surface area contributed by atoms with Crippen molar-refractivity contribution in [3.05, 3.63) is 29.8 Å². The van der Waals surface area contributed by atoms with E-state index in [9.17, 15) is 13.6 Å². The van der Waals surface area contributed by atoms with Crippen LogP contribution in [-0.4, -0.2) is 56.3 Å². The molecule has 1 aliphatic rings. The van der Waals surface area contributed by atoms with Crippen LogP contribution in [0.4, 0.5) is 8.78 Å². The van der Waals surface area contributed by atoms with Gasteiger partial charge in [-0.3, -0.25) is 4.79 Å². The molecule has 7 heteroatoms. The monoisotopic (exact) mass is 314 g/mol. The number of benzene rings is 1. The molecule has 0 unspecified atom stereocenters.